The van der Waals surface area contributed by atoms with Gasteiger partial charge in [-0.05, 0) is 59.0 Å². The van der Waals surface area contributed by atoms with Gasteiger partial charge in [-0.1, -0.05) is 55.8 Å². The SMILES string of the molecule is CCCc1ccc(-c2ccc(-c3ccc(C(F)(F)Oc4ccc(OC(F)(F)C=C(F)F)c(F)c4)c(F)c3)cc2)c(F)c1. The molecule has 0 aromatic heterocycles. The Morgan fingerprint density at radius 2 is 1.36 bits per heavy atom. The summed E-state index contributed by atoms with van der Waals surface area (Å²) in [5.41, 5.74) is 1.28. The molecule has 0 amide bonds. The van der Waals surface area contributed by atoms with E-state index in [0.717, 1.165) is 30.5 Å². The van der Waals surface area contributed by atoms with Gasteiger partial charge in [-0.25, -0.2) is 13.2 Å². The van der Waals surface area contributed by atoms with E-state index in [1.807, 2.05) is 13.0 Å². The smallest absolute Gasteiger partial charge is 0.429 e. The summed E-state index contributed by atoms with van der Waals surface area (Å²) in [6, 6.07) is 15.5. The Hall–Kier alpha value is -4.41. The number of benzene rings is 4. The molecule has 0 atom stereocenters. The van der Waals surface area contributed by atoms with E-state index in [4.69, 9.17) is 0 Å². The molecule has 4 rings (SSSR count). The van der Waals surface area contributed by atoms with E-state index in [0.29, 0.717) is 28.8 Å². The highest BCUT2D eigenvalue weighted by molar-refractivity contribution is 5.71. The second kappa shape index (κ2) is 12.2. The molecule has 4 aromatic carbocycles. The van der Waals surface area contributed by atoms with Crippen LogP contribution in [0.2, 0.25) is 0 Å². The topological polar surface area (TPSA) is 18.5 Å². The number of ether oxygens (including phenoxy) is 2. The molecule has 2 nitrogen and oxygen atoms in total. The quantitative estimate of drug-likeness (QED) is 0.170. The third-order valence-corrected chi connectivity index (χ3v) is 6.06. The van der Waals surface area contributed by atoms with Crippen molar-refractivity contribution in [3.63, 3.8) is 0 Å². The van der Waals surface area contributed by atoms with Crippen LogP contribution in [-0.4, -0.2) is 6.11 Å². The number of aryl methyl sites for hydroxylation is 1. The second-order valence-electron chi connectivity index (χ2n) is 9.15. The minimum Gasteiger partial charge on any atom is -0.429 e. The maximum Gasteiger partial charge on any atom is 0.429 e. The van der Waals surface area contributed by atoms with Gasteiger partial charge < -0.3 is 9.47 Å². The van der Waals surface area contributed by atoms with Gasteiger partial charge in [0.25, 0.3) is 6.08 Å². The first kappa shape index (κ1) is 30.5. The second-order valence-corrected chi connectivity index (χ2v) is 9.15. The standard InChI is InChI=1S/C31H21F9O2/c1-2-3-18-4-11-23(25(32)14-18)20-7-5-19(6-8-20)21-9-12-24(26(33)15-21)31(39,40)41-22-10-13-28(27(34)16-22)42-30(37,38)17-29(35)36/h4-17H,2-3H2,1H3. The lowest BCUT2D eigenvalue weighted by molar-refractivity contribution is -0.187. The third kappa shape index (κ3) is 7.26. The molecule has 0 heterocycles. The fourth-order valence-corrected chi connectivity index (χ4v) is 4.14. The van der Waals surface area contributed by atoms with Crippen LogP contribution in [0.1, 0.15) is 24.5 Å². The van der Waals surface area contributed by atoms with Gasteiger partial charge in [-0.3, -0.25) is 0 Å². The Kier molecular flexibility index (Phi) is 8.89. The predicted octanol–water partition coefficient (Wildman–Crippen LogP) is 10.3. The van der Waals surface area contributed by atoms with Crippen LogP contribution in [-0.2, 0) is 12.5 Å². The Labute approximate surface area is 234 Å². The summed E-state index contributed by atoms with van der Waals surface area (Å²) < 4.78 is 132. The number of rotatable bonds is 10. The average molecular weight is 596 g/mol. The average Bonchev–Trinajstić information content (AvgIpc) is 2.89. The van der Waals surface area contributed by atoms with Crippen molar-refractivity contribution in [2.45, 2.75) is 32.0 Å². The van der Waals surface area contributed by atoms with Crippen LogP contribution in [0.4, 0.5) is 39.5 Å². The lowest BCUT2D eigenvalue weighted by Gasteiger charge is -2.20. The molecular weight excluding hydrogens is 575 g/mol. The van der Waals surface area contributed by atoms with Gasteiger partial charge in [-0.2, -0.15) is 26.3 Å². The lowest BCUT2D eigenvalue weighted by Crippen LogP contribution is -2.24. The monoisotopic (exact) mass is 596 g/mol. The van der Waals surface area contributed by atoms with Crippen molar-refractivity contribution in [2.24, 2.45) is 0 Å². The fraction of sp³-hybridized carbons (Fsp3) is 0.161. The maximum atomic E-state index is 14.8. The van der Waals surface area contributed by atoms with Crippen LogP contribution in [0.15, 0.2) is 91.0 Å². The van der Waals surface area contributed by atoms with Crippen molar-refractivity contribution >= 4 is 0 Å². The summed E-state index contributed by atoms with van der Waals surface area (Å²) in [5, 5.41) is 0. The fourth-order valence-electron chi connectivity index (χ4n) is 4.14. The van der Waals surface area contributed by atoms with Gasteiger partial charge >= 0.3 is 12.2 Å². The lowest BCUT2D eigenvalue weighted by atomic mass is 9.97. The van der Waals surface area contributed by atoms with Gasteiger partial charge in [0, 0.05) is 11.6 Å². The van der Waals surface area contributed by atoms with Crippen LogP contribution in [0, 0.1) is 17.5 Å². The molecule has 0 N–H and O–H groups in total. The van der Waals surface area contributed by atoms with Crippen molar-refractivity contribution in [1.82, 2.24) is 0 Å². The number of hydrogen-bond acceptors (Lipinski definition) is 2. The van der Waals surface area contributed by atoms with Crippen molar-refractivity contribution in [1.29, 1.82) is 0 Å². The molecule has 0 aliphatic heterocycles. The summed E-state index contributed by atoms with van der Waals surface area (Å²) in [5.74, 6) is -5.47. The number of hydrogen-bond donors (Lipinski definition) is 0. The molecule has 0 aliphatic rings. The molecule has 0 unspecified atom stereocenters. The molecule has 0 bridgehead atoms. The Balaban J connectivity index is 1.50. The van der Waals surface area contributed by atoms with Crippen LogP contribution >= 0.6 is 0 Å². The van der Waals surface area contributed by atoms with Gasteiger partial charge in [-0.15, -0.1) is 0 Å². The molecule has 0 aliphatic carbocycles. The first-order valence-corrected chi connectivity index (χ1v) is 12.4. The molecule has 220 valence electrons. The zero-order chi connectivity index (χ0) is 30.7. The van der Waals surface area contributed by atoms with Crippen molar-refractivity contribution in [3.8, 4) is 33.8 Å². The molecule has 0 saturated carbocycles. The van der Waals surface area contributed by atoms with Crippen LogP contribution in [0.5, 0.6) is 11.5 Å². The molecule has 4 aromatic rings. The molecule has 0 fully saturated rings. The van der Waals surface area contributed by atoms with Gasteiger partial charge in [0.2, 0.25) is 0 Å². The Morgan fingerprint density at radius 3 is 1.95 bits per heavy atom. The first-order chi connectivity index (χ1) is 19.8. The highest BCUT2D eigenvalue weighted by atomic mass is 19.3. The highest BCUT2D eigenvalue weighted by Gasteiger charge is 2.38. The minimum absolute atomic E-state index is 0.226. The van der Waals surface area contributed by atoms with Crippen LogP contribution in [0.25, 0.3) is 22.3 Å². The summed E-state index contributed by atoms with van der Waals surface area (Å²) in [6.07, 6.45) is -10.9. The Morgan fingerprint density at radius 1 is 0.690 bits per heavy atom. The van der Waals surface area contributed by atoms with E-state index in [2.05, 4.69) is 9.47 Å². The molecule has 11 heteroatoms. The van der Waals surface area contributed by atoms with E-state index >= 15 is 0 Å². The molecule has 0 radical (unpaired) electrons. The largest absolute Gasteiger partial charge is 0.429 e. The summed E-state index contributed by atoms with van der Waals surface area (Å²) in [6.45, 7) is 1.99. The first-order valence-electron chi connectivity index (χ1n) is 12.4. The van der Waals surface area contributed by atoms with Crippen molar-refractivity contribution in [3.05, 3.63) is 120 Å². The maximum absolute atomic E-state index is 14.8. The Bertz CT molecular complexity index is 1600. The van der Waals surface area contributed by atoms with Crippen LogP contribution < -0.4 is 9.47 Å². The van der Waals surface area contributed by atoms with Crippen molar-refractivity contribution in [2.75, 3.05) is 0 Å². The molecule has 42 heavy (non-hydrogen) atoms. The third-order valence-electron chi connectivity index (χ3n) is 6.06. The van der Waals surface area contributed by atoms with Gasteiger partial charge in [0.05, 0.1) is 11.6 Å². The highest BCUT2D eigenvalue weighted by Crippen LogP contribution is 2.37. The molecule has 0 saturated heterocycles. The molecular formula is C31H21F9O2. The molecule has 0 spiro atoms. The van der Waals surface area contributed by atoms with Crippen LogP contribution in [0.3, 0.4) is 0 Å². The zero-order valence-electron chi connectivity index (χ0n) is 21.7. The van der Waals surface area contributed by atoms with Gasteiger partial charge in [0.15, 0.2) is 11.6 Å². The van der Waals surface area contributed by atoms with E-state index in [-0.39, 0.29) is 11.6 Å². The summed E-state index contributed by atoms with van der Waals surface area (Å²) >= 11 is 0. The van der Waals surface area contributed by atoms with Crippen molar-refractivity contribution < 1.29 is 49.0 Å². The number of alkyl halides is 4. The van der Waals surface area contributed by atoms with E-state index < -0.39 is 58.9 Å². The zero-order valence-corrected chi connectivity index (χ0v) is 21.7. The number of halogens is 9. The summed E-state index contributed by atoms with van der Waals surface area (Å²) in [7, 11) is 0. The normalized spacial score (nSPS) is 11.8. The van der Waals surface area contributed by atoms with E-state index in [9.17, 15) is 39.5 Å². The van der Waals surface area contributed by atoms with E-state index in [1.54, 1.807) is 30.3 Å². The van der Waals surface area contributed by atoms with Gasteiger partial charge in [0.1, 0.15) is 17.4 Å². The minimum atomic E-state index is -4.58. The van der Waals surface area contributed by atoms with E-state index in [1.165, 1.54) is 12.1 Å². The predicted molar refractivity (Wildman–Crippen MR) is 138 cm³/mol. The summed E-state index contributed by atoms with van der Waals surface area (Å²) in [4.78, 5) is 0.